The van der Waals surface area contributed by atoms with Crippen molar-refractivity contribution in [3.8, 4) is 0 Å². The van der Waals surface area contributed by atoms with Crippen molar-refractivity contribution < 1.29 is 9.90 Å². The van der Waals surface area contributed by atoms with Gasteiger partial charge in [0.15, 0.2) is 0 Å². The molecule has 5 nitrogen and oxygen atoms in total. The van der Waals surface area contributed by atoms with Crippen LogP contribution in [0.3, 0.4) is 0 Å². The smallest absolute Gasteiger partial charge is 0.224 e. The molecule has 0 aromatic carbocycles. The van der Waals surface area contributed by atoms with Crippen LogP contribution in [0, 0.1) is 19.8 Å². The van der Waals surface area contributed by atoms with Gasteiger partial charge in [-0.25, -0.2) is 0 Å². The Morgan fingerprint density at radius 3 is 2.61 bits per heavy atom. The van der Waals surface area contributed by atoms with Crippen LogP contribution in [0.15, 0.2) is 0 Å². The van der Waals surface area contributed by atoms with E-state index in [0.717, 1.165) is 17.0 Å². The molecule has 18 heavy (non-hydrogen) atoms. The van der Waals surface area contributed by atoms with Gasteiger partial charge in [0.25, 0.3) is 0 Å². The van der Waals surface area contributed by atoms with Crippen LogP contribution < -0.4 is 5.32 Å². The van der Waals surface area contributed by atoms with Crippen LogP contribution in [0.4, 0.5) is 0 Å². The van der Waals surface area contributed by atoms with Gasteiger partial charge in [0, 0.05) is 17.8 Å². The van der Waals surface area contributed by atoms with Crippen molar-refractivity contribution in [2.45, 2.75) is 46.6 Å². The molecule has 1 heterocycles. The van der Waals surface area contributed by atoms with Crippen molar-refractivity contribution in [2.24, 2.45) is 5.92 Å². The van der Waals surface area contributed by atoms with Gasteiger partial charge in [-0.3, -0.25) is 9.89 Å². The van der Waals surface area contributed by atoms with Gasteiger partial charge in [-0.05, 0) is 26.2 Å². The number of aromatic nitrogens is 2. The van der Waals surface area contributed by atoms with E-state index in [1.165, 1.54) is 0 Å². The first-order valence-corrected chi connectivity index (χ1v) is 6.35. The molecule has 1 aromatic rings. The van der Waals surface area contributed by atoms with Gasteiger partial charge in [0.2, 0.25) is 5.91 Å². The lowest BCUT2D eigenvalue weighted by Gasteiger charge is -2.13. The lowest BCUT2D eigenvalue weighted by atomic mass is 10.1. The summed E-state index contributed by atoms with van der Waals surface area (Å²) in [4.78, 5) is 11.7. The largest absolute Gasteiger partial charge is 0.391 e. The lowest BCUT2D eigenvalue weighted by Crippen LogP contribution is -2.33. The summed E-state index contributed by atoms with van der Waals surface area (Å²) in [6.45, 7) is 8.18. The molecule has 0 saturated heterocycles. The predicted molar refractivity (Wildman–Crippen MR) is 70.2 cm³/mol. The number of nitrogens with zero attached hydrogens (tertiary/aromatic N) is 1. The second-order valence-electron chi connectivity index (χ2n) is 5.18. The molecule has 5 heteroatoms. The Balaban J connectivity index is 2.39. The first kappa shape index (κ1) is 14.7. The maximum absolute atomic E-state index is 11.7. The highest BCUT2D eigenvalue weighted by atomic mass is 16.3. The second-order valence-corrected chi connectivity index (χ2v) is 5.18. The highest BCUT2D eigenvalue weighted by Gasteiger charge is 2.13. The van der Waals surface area contributed by atoms with Crippen molar-refractivity contribution in [3.63, 3.8) is 0 Å². The minimum absolute atomic E-state index is 0.0783. The van der Waals surface area contributed by atoms with E-state index in [9.17, 15) is 9.90 Å². The summed E-state index contributed by atoms with van der Waals surface area (Å²) in [5, 5.41) is 19.3. The standard InChI is InChI=1S/C13H23N3O2/c1-8(2)5-11(17)7-14-13(18)6-12-9(3)15-16-10(12)4/h8,11,17H,5-7H2,1-4H3,(H,14,18)(H,15,16). The normalized spacial score (nSPS) is 12.8. The highest BCUT2D eigenvalue weighted by molar-refractivity contribution is 5.79. The number of aromatic amines is 1. The second kappa shape index (κ2) is 6.54. The Morgan fingerprint density at radius 2 is 2.11 bits per heavy atom. The molecule has 1 amide bonds. The Hall–Kier alpha value is -1.36. The van der Waals surface area contributed by atoms with Crippen LogP contribution in [-0.2, 0) is 11.2 Å². The van der Waals surface area contributed by atoms with Gasteiger partial charge in [-0.1, -0.05) is 13.8 Å². The molecule has 0 aliphatic heterocycles. The summed E-state index contributed by atoms with van der Waals surface area (Å²) in [5.41, 5.74) is 2.71. The first-order chi connectivity index (χ1) is 8.40. The summed E-state index contributed by atoms with van der Waals surface area (Å²) in [7, 11) is 0. The van der Waals surface area contributed by atoms with Gasteiger partial charge in [-0.2, -0.15) is 5.10 Å². The van der Waals surface area contributed by atoms with Crippen LogP contribution in [-0.4, -0.2) is 33.9 Å². The molecule has 0 fully saturated rings. The molecular weight excluding hydrogens is 230 g/mol. The van der Waals surface area contributed by atoms with Crippen molar-refractivity contribution in [1.82, 2.24) is 15.5 Å². The summed E-state index contributed by atoms with van der Waals surface area (Å²) in [5.74, 6) is 0.348. The van der Waals surface area contributed by atoms with E-state index in [1.807, 2.05) is 27.7 Å². The van der Waals surface area contributed by atoms with Crippen molar-refractivity contribution >= 4 is 5.91 Å². The number of hydrogen-bond donors (Lipinski definition) is 3. The molecule has 1 rings (SSSR count). The third kappa shape index (κ3) is 4.49. The number of H-pyrrole nitrogens is 1. The fourth-order valence-electron chi connectivity index (χ4n) is 1.92. The number of aliphatic hydroxyl groups excluding tert-OH is 1. The fourth-order valence-corrected chi connectivity index (χ4v) is 1.92. The summed E-state index contributed by atoms with van der Waals surface area (Å²) in [6.07, 6.45) is 0.535. The molecule has 102 valence electrons. The SMILES string of the molecule is Cc1n[nH]c(C)c1CC(=O)NCC(O)CC(C)C. The molecule has 0 aliphatic rings. The van der Waals surface area contributed by atoms with Crippen molar-refractivity contribution in [1.29, 1.82) is 0 Å². The van der Waals surface area contributed by atoms with E-state index in [-0.39, 0.29) is 5.91 Å². The molecule has 1 unspecified atom stereocenters. The number of aryl methyl sites for hydroxylation is 2. The average Bonchev–Trinajstić information content (AvgIpc) is 2.57. The zero-order valence-electron chi connectivity index (χ0n) is 11.6. The van der Waals surface area contributed by atoms with Crippen LogP contribution in [0.5, 0.6) is 0 Å². The first-order valence-electron chi connectivity index (χ1n) is 6.35. The maximum Gasteiger partial charge on any atom is 0.224 e. The zero-order chi connectivity index (χ0) is 13.7. The molecule has 0 aliphatic carbocycles. The van der Waals surface area contributed by atoms with Gasteiger partial charge in [-0.15, -0.1) is 0 Å². The number of carbonyl (C=O) groups is 1. The number of nitrogens with one attached hydrogen (secondary N) is 2. The fraction of sp³-hybridized carbons (Fsp3) is 0.692. The Labute approximate surface area is 108 Å². The summed E-state index contributed by atoms with van der Waals surface area (Å²) in [6, 6.07) is 0. The highest BCUT2D eigenvalue weighted by Crippen LogP contribution is 2.10. The molecule has 0 bridgehead atoms. The summed E-state index contributed by atoms with van der Waals surface area (Å²) >= 11 is 0. The van der Waals surface area contributed by atoms with Crippen LogP contribution in [0.25, 0.3) is 0 Å². The summed E-state index contributed by atoms with van der Waals surface area (Å²) < 4.78 is 0. The molecular formula is C13H23N3O2. The maximum atomic E-state index is 11.7. The topological polar surface area (TPSA) is 78.0 Å². The quantitative estimate of drug-likeness (QED) is 0.710. The van der Waals surface area contributed by atoms with E-state index in [2.05, 4.69) is 15.5 Å². The van der Waals surface area contributed by atoms with Crippen molar-refractivity contribution in [3.05, 3.63) is 17.0 Å². The monoisotopic (exact) mass is 253 g/mol. The number of rotatable bonds is 6. The van der Waals surface area contributed by atoms with E-state index in [1.54, 1.807) is 0 Å². The molecule has 0 saturated carbocycles. The lowest BCUT2D eigenvalue weighted by molar-refractivity contribution is -0.121. The molecule has 3 N–H and O–H groups in total. The molecule has 0 radical (unpaired) electrons. The van der Waals surface area contributed by atoms with Crippen LogP contribution >= 0.6 is 0 Å². The van der Waals surface area contributed by atoms with Gasteiger partial charge >= 0.3 is 0 Å². The van der Waals surface area contributed by atoms with Gasteiger partial charge < -0.3 is 10.4 Å². The van der Waals surface area contributed by atoms with E-state index in [4.69, 9.17) is 0 Å². The Morgan fingerprint density at radius 1 is 1.44 bits per heavy atom. The zero-order valence-corrected chi connectivity index (χ0v) is 11.6. The third-order valence-electron chi connectivity index (χ3n) is 2.90. The van der Waals surface area contributed by atoms with Gasteiger partial charge in [0.1, 0.15) is 0 Å². The predicted octanol–water partition coefficient (Wildman–Crippen LogP) is 1.09. The third-order valence-corrected chi connectivity index (χ3v) is 2.90. The number of carbonyl (C=O) groups excluding carboxylic acids is 1. The van der Waals surface area contributed by atoms with Crippen LogP contribution in [0.1, 0.15) is 37.2 Å². The minimum Gasteiger partial charge on any atom is -0.391 e. The molecule has 1 atom stereocenters. The average molecular weight is 253 g/mol. The molecule has 1 aromatic heterocycles. The number of aliphatic hydroxyl groups is 1. The van der Waals surface area contributed by atoms with E-state index in [0.29, 0.717) is 25.3 Å². The molecule has 0 spiro atoms. The van der Waals surface area contributed by atoms with E-state index >= 15 is 0 Å². The van der Waals surface area contributed by atoms with E-state index < -0.39 is 6.10 Å². The Bertz CT molecular complexity index is 379. The van der Waals surface area contributed by atoms with Gasteiger partial charge in [0.05, 0.1) is 18.2 Å². The van der Waals surface area contributed by atoms with Crippen molar-refractivity contribution in [2.75, 3.05) is 6.54 Å². The van der Waals surface area contributed by atoms with Crippen LogP contribution in [0.2, 0.25) is 0 Å². The minimum atomic E-state index is -0.472. The number of hydrogen-bond acceptors (Lipinski definition) is 3. The Kier molecular flexibility index (Phi) is 5.34. The number of amides is 1.